The zero-order valence-electron chi connectivity index (χ0n) is 15.2. The summed E-state index contributed by atoms with van der Waals surface area (Å²) in [6.07, 6.45) is 8.16. The highest BCUT2D eigenvalue weighted by molar-refractivity contribution is 5.92. The van der Waals surface area contributed by atoms with E-state index in [1.807, 2.05) is 18.2 Å². The minimum absolute atomic E-state index is 0.267. The van der Waals surface area contributed by atoms with Crippen LogP contribution < -0.4 is 0 Å². The number of fused-ring (bicyclic) bond motifs is 1. The lowest BCUT2D eigenvalue weighted by atomic mass is 9.89. The van der Waals surface area contributed by atoms with Gasteiger partial charge < -0.3 is 15.3 Å². The van der Waals surface area contributed by atoms with Crippen molar-refractivity contribution in [2.24, 2.45) is 0 Å². The van der Waals surface area contributed by atoms with Crippen LogP contribution in [0.3, 0.4) is 0 Å². The number of allylic oxidation sites excluding steroid dienone is 2. The molecule has 1 aliphatic rings. The van der Waals surface area contributed by atoms with E-state index in [2.05, 4.69) is 6.07 Å². The predicted octanol–water partition coefficient (Wildman–Crippen LogP) is 5.29. The Hall–Kier alpha value is -2.26. The number of aromatic hydroxyl groups is 2. The summed E-state index contributed by atoms with van der Waals surface area (Å²) in [5.41, 5.74) is 6.38. The quantitative estimate of drug-likeness (QED) is 0.594. The fourth-order valence-corrected chi connectivity index (χ4v) is 3.88. The van der Waals surface area contributed by atoms with E-state index in [1.165, 1.54) is 27.8 Å². The van der Waals surface area contributed by atoms with Gasteiger partial charge in [0, 0.05) is 6.61 Å². The molecule has 3 heteroatoms. The van der Waals surface area contributed by atoms with Crippen LogP contribution in [0.1, 0.15) is 61.6 Å². The van der Waals surface area contributed by atoms with Gasteiger partial charge in [-0.25, -0.2) is 0 Å². The van der Waals surface area contributed by atoms with Gasteiger partial charge in [0.15, 0.2) is 0 Å². The standard InChI is InChI=1S/C23H28O3/c24-15-4-2-1-3-7-23-21(17-9-11-19(25)12-10-17)8-5-6-18-16-20(26)13-14-22(18)23/h9-14,16,24-26H,1-8,15H2. The van der Waals surface area contributed by atoms with Crippen molar-refractivity contribution in [3.05, 3.63) is 59.2 Å². The van der Waals surface area contributed by atoms with Crippen LogP contribution in [0.4, 0.5) is 0 Å². The van der Waals surface area contributed by atoms with Crippen LogP contribution >= 0.6 is 0 Å². The third-order valence-electron chi connectivity index (χ3n) is 5.20. The summed E-state index contributed by atoms with van der Waals surface area (Å²) in [7, 11) is 0. The van der Waals surface area contributed by atoms with Gasteiger partial charge >= 0.3 is 0 Å². The maximum atomic E-state index is 9.89. The number of hydrogen-bond donors (Lipinski definition) is 3. The molecule has 0 amide bonds. The molecule has 2 aromatic rings. The molecular weight excluding hydrogens is 324 g/mol. The lowest BCUT2D eigenvalue weighted by Crippen LogP contribution is -1.95. The number of phenolic OH excluding ortho intramolecular Hbond substituents is 2. The zero-order chi connectivity index (χ0) is 18.4. The molecule has 2 aromatic carbocycles. The van der Waals surface area contributed by atoms with Gasteiger partial charge in [0.05, 0.1) is 0 Å². The number of rotatable bonds is 7. The molecule has 0 atom stereocenters. The average molecular weight is 352 g/mol. The van der Waals surface area contributed by atoms with Crippen molar-refractivity contribution in [2.75, 3.05) is 6.61 Å². The molecule has 0 unspecified atom stereocenters. The average Bonchev–Trinajstić information content (AvgIpc) is 2.81. The molecule has 138 valence electrons. The Kier molecular flexibility index (Phi) is 6.35. The first-order valence-corrected chi connectivity index (χ1v) is 9.63. The van der Waals surface area contributed by atoms with E-state index < -0.39 is 0 Å². The molecule has 0 saturated carbocycles. The van der Waals surface area contributed by atoms with Gasteiger partial charge in [-0.1, -0.05) is 31.0 Å². The molecule has 0 saturated heterocycles. The predicted molar refractivity (Wildman–Crippen MR) is 106 cm³/mol. The minimum Gasteiger partial charge on any atom is -0.508 e. The summed E-state index contributed by atoms with van der Waals surface area (Å²) in [5, 5.41) is 28.5. The molecule has 0 aromatic heterocycles. The highest BCUT2D eigenvalue weighted by Gasteiger charge is 2.18. The first-order chi connectivity index (χ1) is 12.7. The number of hydrogen-bond acceptors (Lipinski definition) is 3. The lowest BCUT2D eigenvalue weighted by Gasteiger charge is -2.16. The summed E-state index contributed by atoms with van der Waals surface area (Å²) in [6.45, 7) is 0.267. The Morgan fingerprint density at radius 1 is 0.769 bits per heavy atom. The molecule has 0 fully saturated rings. The molecule has 0 heterocycles. The fourth-order valence-electron chi connectivity index (χ4n) is 3.88. The summed E-state index contributed by atoms with van der Waals surface area (Å²) >= 11 is 0. The van der Waals surface area contributed by atoms with Gasteiger partial charge in [0.1, 0.15) is 11.5 Å². The SMILES string of the molecule is OCCCCCCC1=C(c2ccc(O)cc2)CCCc2cc(O)ccc21. The number of aryl methyl sites for hydroxylation is 1. The monoisotopic (exact) mass is 352 g/mol. The summed E-state index contributed by atoms with van der Waals surface area (Å²) in [4.78, 5) is 0. The number of phenols is 2. The summed E-state index contributed by atoms with van der Waals surface area (Å²) < 4.78 is 0. The van der Waals surface area contributed by atoms with Crippen LogP contribution in [0.25, 0.3) is 11.1 Å². The Bertz CT molecular complexity index is 760. The molecule has 3 rings (SSSR count). The van der Waals surface area contributed by atoms with E-state index in [4.69, 9.17) is 5.11 Å². The van der Waals surface area contributed by atoms with Crippen molar-refractivity contribution in [1.29, 1.82) is 0 Å². The summed E-state index contributed by atoms with van der Waals surface area (Å²) in [6, 6.07) is 13.3. The van der Waals surface area contributed by atoms with E-state index in [0.29, 0.717) is 11.5 Å². The minimum atomic E-state index is 0.267. The molecule has 0 aliphatic heterocycles. The van der Waals surface area contributed by atoms with Crippen molar-refractivity contribution < 1.29 is 15.3 Å². The second kappa shape index (κ2) is 8.91. The molecule has 0 spiro atoms. The van der Waals surface area contributed by atoms with Crippen LogP contribution in [-0.4, -0.2) is 21.9 Å². The van der Waals surface area contributed by atoms with Crippen molar-refractivity contribution in [3.8, 4) is 11.5 Å². The Balaban J connectivity index is 1.96. The van der Waals surface area contributed by atoms with Crippen LogP contribution in [0, 0.1) is 0 Å². The third-order valence-corrected chi connectivity index (χ3v) is 5.20. The molecule has 0 bridgehead atoms. The number of unbranched alkanes of at least 4 members (excludes halogenated alkanes) is 3. The van der Waals surface area contributed by atoms with Crippen molar-refractivity contribution >= 4 is 11.1 Å². The lowest BCUT2D eigenvalue weighted by molar-refractivity contribution is 0.282. The van der Waals surface area contributed by atoms with Crippen LogP contribution in [0.5, 0.6) is 11.5 Å². The molecule has 26 heavy (non-hydrogen) atoms. The number of aliphatic hydroxyl groups excluding tert-OH is 1. The Morgan fingerprint density at radius 3 is 2.27 bits per heavy atom. The van der Waals surface area contributed by atoms with E-state index in [0.717, 1.165) is 51.4 Å². The first-order valence-electron chi connectivity index (χ1n) is 9.63. The normalized spacial score (nSPS) is 14.2. The van der Waals surface area contributed by atoms with Gasteiger partial charge in [0.2, 0.25) is 0 Å². The number of aliphatic hydroxyl groups is 1. The second-order valence-corrected chi connectivity index (χ2v) is 7.09. The molecule has 0 radical (unpaired) electrons. The van der Waals surface area contributed by atoms with E-state index in [1.54, 1.807) is 18.2 Å². The van der Waals surface area contributed by atoms with Crippen LogP contribution in [0.15, 0.2) is 42.5 Å². The van der Waals surface area contributed by atoms with Gasteiger partial charge in [-0.3, -0.25) is 0 Å². The summed E-state index contributed by atoms with van der Waals surface area (Å²) in [5.74, 6) is 0.623. The van der Waals surface area contributed by atoms with Gasteiger partial charge in [-0.2, -0.15) is 0 Å². The molecule has 3 N–H and O–H groups in total. The molecular formula is C23H28O3. The fraction of sp³-hybridized carbons (Fsp3) is 0.391. The van der Waals surface area contributed by atoms with Crippen molar-refractivity contribution in [2.45, 2.75) is 51.4 Å². The maximum Gasteiger partial charge on any atom is 0.115 e. The van der Waals surface area contributed by atoms with Crippen molar-refractivity contribution in [3.63, 3.8) is 0 Å². The molecule has 1 aliphatic carbocycles. The smallest absolute Gasteiger partial charge is 0.115 e. The van der Waals surface area contributed by atoms with Crippen molar-refractivity contribution in [1.82, 2.24) is 0 Å². The van der Waals surface area contributed by atoms with Gasteiger partial charge in [0.25, 0.3) is 0 Å². The highest BCUT2D eigenvalue weighted by atomic mass is 16.3. The third kappa shape index (κ3) is 4.47. The van der Waals surface area contributed by atoms with E-state index in [9.17, 15) is 10.2 Å². The second-order valence-electron chi connectivity index (χ2n) is 7.09. The van der Waals surface area contributed by atoms with Crippen LogP contribution in [-0.2, 0) is 6.42 Å². The topological polar surface area (TPSA) is 60.7 Å². The maximum absolute atomic E-state index is 9.89. The van der Waals surface area contributed by atoms with Gasteiger partial charge in [-0.05, 0) is 90.6 Å². The Labute approximate surface area is 155 Å². The largest absolute Gasteiger partial charge is 0.508 e. The van der Waals surface area contributed by atoms with E-state index in [-0.39, 0.29) is 6.61 Å². The highest BCUT2D eigenvalue weighted by Crippen LogP contribution is 2.39. The number of benzene rings is 2. The Morgan fingerprint density at radius 2 is 1.50 bits per heavy atom. The van der Waals surface area contributed by atoms with Gasteiger partial charge in [-0.15, -0.1) is 0 Å². The first kappa shape index (κ1) is 18.5. The molecule has 3 nitrogen and oxygen atoms in total. The van der Waals surface area contributed by atoms with Crippen LogP contribution in [0.2, 0.25) is 0 Å². The zero-order valence-corrected chi connectivity index (χ0v) is 15.2. The van der Waals surface area contributed by atoms with E-state index >= 15 is 0 Å².